The molecule has 1 rings (SSSR count). The predicted octanol–water partition coefficient (Wildman–Crippen LogP) is -0.278. The third kappa shape index (κ3) is 2.45. The Bertz CT molecular complexity index is 330. The van der Waals surface area contributed by atoms with Gasteiger partial charge in [-0.3, -0.25) is 9.52 Å². The van der Waals surface area contributed by atoms with Crippen LogP contribution >= 0.6 is 0 Å². The van der Waals surface area contributed by atoms with Gasteiger partial charge in [0.15, 0.2) is 0 Å². The first kappa shape index (κ1) is 11.5. The molecule has 0 heterocycles. The largest absolute Gasteiger partial charge is 0.318 e. The van der Waals surface area contributed by atoms with Gasteiger partial charge < -0.3 is 5.73 Å². The molecule has 1 unspecified atom stereocenters. The van der Waals surface area contributed by atoms with E-state index < -0.39 is 21.5 Å². The summed E-state index contributed by atoms with van der Waals surface area (Å²) in [6.45, 7) is 3.26. The number of amides is 1. The van der Waals surface area contributed by atoms with Crippen LogP contribution in [0.5, 0.6) is 0 Å². The Morgan fingerprint density at radius 3 is 2.43 bits per heavy atom. The van der Waals surface area contributed by atoms with Gasteiger partial charge in [0.05, 0.1) is 10.8 Å². The number of sulfonamides is 1. The number of nitrogens with one attached hydrogen (secondary N) is 1. The molecule has 0 aliphatic heterocycles. The molecule has 82 valence electrons. The molecule has 1 atom stereocenters. The Morgan fingerprint density at radius 1 is 1.57 bits per heavy atom. The van der Waals surface area contributed by atoms with E-state index in [1.807, 2.05) is 4.72 Å². The quantitative estimate of drug-likeness (QED) is 0.682. The summed E-state index contributed by atoms with van der Waals surface area (Å²) >= 11 is 0. The van der Waals surface area contributed by atoms with Gasteiger partial charge in [0.2, 0.25) is 10.0 Å². The second-order valence-corrected chi connectivity index (χ2v) is 5.91. The fraction of sp³-hybridized carbons (Fsp3) is 0.875. The van der Waals surface area contributed by atoms with Gasteiger partial charge in [-0.1, -0.05) is 6.92 Å². The van der Waals surface area contributed by atoms with Crippen LogP contribution in [0.25, 0.3) is 0 Å². The third-order valence-corrected chi connectivity index (χ3v) is 4.27. The maximum atomic E-state index is 11.4. The molecule has 1 fully saturated rings. The first-order valence-corrected chi connectivity index (χ1v) is 6.19. The van der Waals surface area contributed by atoms with Crippen LogP contribution in [0.2, 0.25) is 0 Å². The van der Waals surface area contributed by atoms with Crippen molar-refractivity contribution in [3.05, 3.63) is 0 Å². The summed E-state index contributed by atoms with van der Waals surface area (Å²) in [6, 6.07) is 0. The van der Waals surface area contributed by atoms with Crippen LogP contribution in [-0.4, -0.2) is 25.1 Å². The lowest BCUT2D eigenvalue weighted by Gasteiger charge is -2.21. The van der Waals surface area contributed by atoms with Crippen LogP contribution in [0.15, 0.2) is 0 Å². The Labute approximate surface area is 84.1 Å². The van der Waals surface area contributed by atoms with Gasteiger partial charge in [0.25, 0.3) is 5.91 Å². The minimum atomic E-state index is -3.46. The zero-order valence-electron chi connectivity index (χ0n) is 8.41. The van der Waals surface area contributed by atoms with E-state index >= 15 is 0 Å². The number of carbonyl (C=O) groups excluding carboxylic acids is 1. The van der Waals surface area contributed by atoms with Crippen molar-refractivity contribution in [3.63, 3.8) is 0 Å². The second-order valence-electron chi connectivity index (χ2n) is 3.95. The molecule has 6 heteroatoms. The molecular formula is C8H16N2O3S. The highest BCUT2D eigenvalue weighted by molar-refractivity contribution is 7.90. The van der Waals surface area contributed by atoms with E-state index in [0.29, 0.717) is 19.3 Å². The SMILES string of the molecule is CCC(C)(N)C(=O)NS(=O)(=O)C1CC1. The lowest BCUT2D eigenvalue weighted by molar-refractivity contribution is -0.124. The van der Waals surface area contributed by atoms with E-state index in [-0.39, 0.29) is 5.25 Å². The van der Waals surface area contributed by atoms with Crippen LogP contribution < -0.4 is 10.5 Å². The summed E-state index contributed by atoms with van der Waals surface area (Å²) in [4.78, 5) is 11.4. The van der Waals surface area contributed by atoms with Crippen molar-refractivity contribution in [2.24, 2.45) is 5.73 Å². The molecule has 1 amide bonds. The number of rotatable bonds is 4. The zero-order chi connectivity index (χ0) is 11.0. The molecule has 0 saturated heterocycles. The van der Waals surface area contributed by atoms with Gasteiger partial charge in [0.1, 0.15) is 0 Å². The minimum absolute atomic E-state index is 0.390. The molecular weight excluding hydrogens is 204 g/mol. The number of nitrogens with two attached hydrogens (primary N) is 1. The molecule has 0 radical (unpaired) electrons. The first-order valence-electron chi connectivity index (χ1n) is 4.64. The van der Waals surface area contributed by atoms with Crippen LogP contribution in [0.3, 0.4) is 0 Å². The molecule has 0 spiro atoms. The Morgan fingerprint density at radius 2 is 2.07 bits per heavy atom. The summed E-state index contributed by atoms with van der Waals surface area (Å²) in [6.07, 6.45) is 1.67. The Balaban J connectivity index is 2.65. The first-order chi connectivity index (χ1) is 6.29. The molecule has 0 aromatic carbocycles. The highest BCUT2D eigenvalue weighted by Gasteiger charge is 2.39. The maximum Gasteiger partial charge on any atom is 0.253 e. The van der Waals surface area contributed by atoms with E-state index in [1.54, 1.807) is 6.92 Å². The number of hydrogen-bond donors (Lipinski definition) is 2. The van der Waals surface area contributed by atoms with Crippen molar-refractivity contribution in [1.82, 2.24) is 4.72 Å². The molecule has 14 heavy (non-hydrogen) atoms. The van der Waals surface area contributed by atoms with Crippen molar-refractivity contribution >= 4 is 15.9 Å². The second kappa shape index (κ2) is 3.51. The van der Waals surface area contributed by atoms with E-state index in [4.69, 9.17) is 5.73 Å². The van der Waals surface area contributed by atoms with Crippen LogP contribution in [0, 0.1) is 0 Å². The Kier molecular flexibility index (Phi) is 2.87. The summed E-state index contributed by atoms with van der Waals surface area (Å²) in [7, 11) is -3.46. The summed E-state index contributed by atoms with van der Waals surface area (Å²) in [5.74, 6) is -0.619. The van der Waals surface area contributed by atoms with Crippen molar-refractivity contribution in [3.8, 4) is 0 Å². The van der Waals surface area contributed by atoms with Gasteiger partial charge >= 0.3 is 0 Å². The van der Waals surface area contributed by atoms with Gasteiger partial charge in [-0.2, -0.15) is 0 Å². The fourth-order valence-electron chi connectivity index (χ4n) is 0.868. The van der Waals surface area contributed by atoms with Crippen LogP contribution in [0.1, 0.15) is 33.1 Å². The highest BCUT2D eigenvalue weighted by atomic mass is 32.2. The summed E-state index contributed by atoms with van der Waals surface area (Å²) in [5.41, 5.74) is 4.50. The minimum Gasteiger partial charge on any atom is -0.318 e. The molecule has 0 aromatic heterocycles. The highest BCUT2D eigenvalue weighted by Crippen LogP contribution is 2.27. The molecule has 0 bridgehead atoms. The maximum absolute atomic E-state index is 11.4. The van der Waals surface area contributed by atoms with Gasteiger partial charge in [-0.05, 0) is 26.2 Å². The molecule has 1 aliphatic carbocycles. The lowest BCUT2D eigenvalue weighted by atomic mass is 10.0. The van der Waals surface area contributed by atoms with Crippen molar-refractivity contribution in [2.75, 3.05) is 0 Å². The van der Waals surface area contributed by atoms with Crippen LogP contribution in [0.4, 0.5) is 0 Å². The topological polar surface area (TPSA) is 89.3 Å². The van der Waals surface area contributed by atoms with Gasteiger partial charge in [0, 0.05) is 0 Å². The van der Waals surface area contributed by atoms with Gasteiger partial charge in [-0.15, -0.1) is 0 Å². The average Bonchev–Trinajstić information content (AvgIpc) is 2.85. The van der Waals surface area contributed by atoms with Crippen molar-refractivity contribution < 1.29 is 13.2 Å². The lowest BCUT2D eigenvalue weighted by Crippen LogP contribution is -2.53. The van der Waals surface area contributed by atoms with Crippen LogP contribution in [-0.2, 0) is 14.8 Å². The smallest absolute Gasteiger partial charge is 0.253 e. The molecule has 0 aromatic rings. The number of hydrogen-bond acceptors (Lipinski definition) is 4. The monoisotopic (exact) mass is 220 g/mol. The Hall–Kier alpha value is -0.620. The van der Waals surface area contributed by atoms with Crippen molar-refractivity contribution in [2.45, 2.75) is 43.9 Å². The van der Waals surface area contributed by atoms with E-state index in [1.165, 1.54) is 6.92 Å². The van der Waals surface area contributed by atoms with E-state index in [0.717, 1.165) is 0 Å². The predicted molar refractivity (Wildman–Crippen MR) is 53.0 cm³/mol. The van der Waals surface area contributed by atoms with Gasteiger partial charge in [-0.25, -0.2) is 8.42 Å². The molecule has 1 aliphatic rings. The van der Waals surface area contributed by atoms with Crippen molar-refractivity contribution in [1.29, 1.82) is 0 Å². The third-order valence-electron chi connectivity index (χ3n) is 2.45. The molecule has 3 N–H and O–H groups in total. The van der Waals surface area contributed by atoms with E-state index in [2.05, 4.69) is 0 Å². The molecule has 5 nitrogen and oxygen atoms in total. The van der Waals surface area contributed by atoms with E-state index in [9.17, 15) is 13.2 Å². The standard InChI is InChI=1S/C8H16N2O3S/c1-3-8(2,9)7(11)10-14(12,13)6-4-5-6/h6H,3-5,9H2,1-2H3,(H,10,11). The summed E-state index contributed by atoms with van der Waals surface area (Å²) in [5, 5.41) is -0.390. The normalized spacial score (nSPS) is 21.4. The summed E-state index contributed by atoms with van der Waals surface area (Å²) < 4.78 is 24.8. The average molecular weight is 220 g/mol. The number of carbonyl (C=O) groups is 1. The molecule has 1 saturated carbocycles. The zero-order valence-corrected chi connectivity index (χ0v) is 9.23. The fourth-order valence-corrected chi connectivity index (χ4v) is 2.28.